The summed E-state index contributed by atoms with van der Waals surface area (Å²) in [4.78, 5) is 28.6. The minimum atomic E-state index is -0.710. The zero-order chi connectivity index (χ0) is 17.6. The van der Waals surface area contributed by atoms with Gasteiger partial charge in [0.1, 0.15) is 6.04 Å². The maximum absolute atomic E-state index is 12.3. The van der Waals surface area contributed by atoms with Crippen LogP contribution in [0.15, 0.2) is 30.3 Å². The van der Waals surface area contributed by atoms with Gasteiger partial charge >= 0.3 is 0 Å². The third-order valence-electron chi connectivity index (χ3n) is 4.79. The number of benzene rings is 1. The van der Waals surface area contributed by atoms with Crippen LogP contribution in [0.3, 0.4) is 0 Å². The molecule has 2 fully saturated rings. The number of carbonyl (C=O) groups is 2. The van der Waals surface area contributed by atoms with E-state index in [0.29, 0.717) is 19.5 Å². The molecule has 0 bridgehead atoms. The SMILES string of the molecule is NC(C(=O)NC1CC(=O)N(CCN2CCOCC2)C1)c1ccccc1. The minimum absolute atomic E-state index is 0.0897. The molecule has 2 unspecified atom stereocenters. The monoisotopic (exact) mass is 346 g/mol. The Morgan fingerprint density at radius 1 is 1.24 bits per heavy atom. The third kappa shape index (κ3) is 4.78. The number of rotatable bonds is 6. The van der Waals surface area contributed by atoms with Crippen LogP contribution in [-0.4, -0.2) is 73.6 Å². The van der Waals surface area contributed by atoms with E-state index in [1.165, 1.54) is 0 Å². The molecule has 25 heavy (non-hydrogen) atoms. The van der Waals surface area contributed by atoms with E-state index in [0.717, 1.165) is 38.4 Å². The molecule has 3 rings (SSSR count). The second-order valence-corrected chi connectivity index (χ2v) is 6.59. The maximum Gasteiger partial charge on any atom is 0.241 e. The average molecular weight is 346 g/mol. The van der Waals surface area contributed by atoms with Crippen molar-refractivity contribution in [1.82, 2.24) is 15.1 Å². The van der Waals surface area contributed by atoms with E-state index in [2.05, 4.69) is 10.2 Å². The molecule has 2 amide bonds. The maximum atomic E-state index is 12.3. The van der Waals surface area contributed by atoms with Crippen LogP contribution in [0.4, 0.5) is 0 Å². The normalized spacial score (nSPS) is 22.8. The predicted molar refractivity (Wildman–Crippen MR) is 93.8 cm³/mol. The smallest absolute Gasteiger partial charge is 0.241 e. The van der Waals surface area contributed by atoms with Gasteiger partial charge in [-0.25, -0.2) is 0 Å². The first-order valence-electron chi connectivity index (χ1n) is 8.82. The summed E-state index contributed by atoms with van der Waals surface area (Å²) in [5.74, 6) is -0.147. The molecule has 2 atom stereocenters. The Kier molecular flexibility index (Phi) is 6.01. The van der Waals surface area contributed by atoms with Crippen LogP contribution >= 0.6 is 0 Å². The third-order valence-corrected chi connectivity index (χ3v) is 4.79. The van der Waals surface area contributed by atoms with Gasteiger partial charge in [0.2, 0.25) is 11.8 Å². The van der Waals surface area contributed by atoms with Gasteiger partial charge in [-0.2, -0.15) is 0 Å². The molecule has 0 saturated carbocycles. The number of morpholine rings is 1. The van der Waals surface area contributed by atoms with E-state index in [-0.39, 0.29) is 17.9 Å². The summed E-state index contributed by atoms with van der Waals surface area (Å²) in [7, 11) is 0. The number of amides is 2. The van der Waals surface area contributed by atoms with Crippen LogP contribution in [-0.2, 0) is 14.3 Å². The van der Waals surface area contributed by atoms with Crippen LogP contribution in [0.5, 0.6) is 0 Å². The van der Waals surface area contributed by atoms with Crippen molar-refractivity contribution in [1.29, 1.82) is 0 Å². The molecule has 2 aliphatic heterocycles. The summed E-state index contributed by atoms with van der Waals surface area (Å²) in [6, 6.07) is 8.38. The molecule has 2 heterocycles. The van der Waals surface area contributed by atoms with Gasteiger partial charge in [-0.1, -0.05) is 30.3 Å². The fourth-order valence-electron chi connectivity index (χ4n) is 3.27. The van der Waals surface area contributed by atoms with E-state index in [4.69, 9.17) is 10.5 Å². The van der Waals surface area contributed by atoms with Crippen molar-refractivity contribution in [2.45, 2.75) is 18.5 Å². The van der Waals surface area contributed by atoms with Crippen LogP contribution in [0.1, 0.15) is 18.0 Å². The number of nitrogens with one attached hydrogen (secondary N) is 1. The highest BCUT2D eigenvalue weighted by Crippen LogP contribution is 2.14. The van der Waals surface area contributed by atoms with Crippen LogP contribution in [0.2, 0.25) is 0 Å². The van der Waals surface area contributed by atoms with Crippen LogP contribution < -0.4 is 11.1 Å². The number of hydrogen-bond donors (Lipinski definition) is 2. The molecule has 2 aliphatic rings. The van der Waals surface area contributed by atoms with Gasteiger partial charge < -0.3 is 20.7 Å². The average Bonchev–Trinajstić information content (AvgIpc) is 3.00. The van der Waals surface area contributed by atoms with Crippen molar-refractivity contribution < 1.29 is 14.3 Å². The van der Waals surface area contributed by atoms with Crippen molar-refractivity contribution in [3.8, 4) is 0 Å². The van der Waals surface area contributed by atoms with Gasteiger partial charge in [-0.05, 0) is 5.56 Å². The number of likely N-dealkylation sites (tertiary alicyclic amines) is 1. The van der Waals surface area contributed by atoms with Gasteiger partial charge in [0.25, 0.3) is 0 Å². The topological polar surface area (TPSA) is 87.9 Å². The van der Waals surface area contributed by atoms with Crippen LogP contribution in [0, 0.1) is 0 Å². The summed E-state index contributed by atoms with van der Waals surface area (Å²) >= 11 is 0. The lowest BCUT2D eigenvalue weighted by Crippen LogP contribution is -2.44. The first-order chi connectivity index (χ1) is 12.1. The summed E-state index contributed by atoms with van der Waals surface area (Å²) < 4.78 is 5.33. The van der Waals surface area contributed by atoms with Crippen LogP contribution in [0.25, 0.3) is 0 Å². The highest BCUT2D eigenvalue weighted by molar-refractivity contribution is 5.85. The molecule has 7 nitrogen and oxygen atoms in total. The summed E-state index contributed by atoms with van der Waals surface area (Å²) in [5.41, 5.74) is 6.78. The number of nitrogens with zero attached hydrogens (tertiary/aromatic N) is 2. The van der Waals surface area contributed by atoms with E-state index < -0.39 is 6.04 Å². The largest absolute Gasteiger partial charge is 0.379 e. The second kappa shape index (κ2) is 8.42. The molecule has 3 N–H and O–H groups in total. The van der Waals surface area contributed by atoms with Gasteiger partial charge in [0.05, 0.1) is 19.3 Å². The molecule has 0 aromatic heterocycles. The molecular weight excluding hydrogens is 320 g/mol. The highest BCUT2D eigenvalue weighted by Gasteiger charge is 2.31. The Morgan fingerprint density at radius 3 is 2.68 bits per heavy atom. The first kappa shape index (κ1) is 17.8. The molecule has 1 aromatic rings. The zero-order valence-electron chi connectivity index (χ0n) is 14.4. The standard InChI is InChI=1S/C18H26N4O3/c19-17(14-4-2-1-3-5-14)18(24)20-15-12-16(23)22(13-15)7-6-21-8-10-25-11-9-21/h1-5,15,17H,6-13,19H2,(H,20,24). The van der Waals surface area contributed by atoms with E-state index in [1.54, 1.807) is 0 Å². The number of carbonyl (C=O) groups excluding carboxylic acids is 2. The molecule has 136 valence electrons. The number of nitrogens with two attached hydrogens (primary N) is 1. The fourth-order valence-corrected chi connectivity index (χ4v) is 3.27. The Bertz CT molecular complexity index is 589. The van der Waals surface area contributed by atoms with E-state index in [1.807, 2.05) is 35.2 Å². The van der Waals surface area contributed by atoms with Gasteiger partial charge in [-0.3, -0.25) is 14.5 Å². The molecule has 1 aromatic carbocycles. The Morgan fingerprint density at radius 2 is 1.96 bits per heavy atom. The lowest BCUT2D eigenvalue weighted by atomic mass is 10.1. The molecule has 2 saturated heterocycles. The highest BCUT2D eigenvalue weighted by atomic mass is 16.5. The van der Waals surface area contributed by atoms with Crippen molar-refractivity contribution in [3.63, 3.8) is 0 Å². The summed E-state index contributed by atoms with van der Waals surface area (Å²) in [5, 5.41) is 2.92. The van der Waals surface area contributed by atoms with E-state index in [9.17, 15) is 9.59 Å². The molecule has 0 radical (unpaired) electrons. The number of hydrogen-bond acceptors (Lipinski definition) is 5. The predicted octanol–water partition coefficient (Wildman–Crippen LogP) is -0.264. The fraction of sp³-hybridized carbons (Fsp3) is 0.556. The Hall–Kier alpha value is -1.96. The Balaban J connectivity index is 1.46. The van der Waals surface area contributed by atoms with Gasteiger partial charge in [0, 0.05) is 39.1 Å². The zero-order valence-corrected chi connectivity index (χ0v) is 14.4. The van der Waals surface area contributed by atoms with Gasteiger partial charge in [0.15, 0.2) is 0 Å². The van der Waals surface area contributed by atoms with Crippen molar-refractivity contribution >= 4 is 11.8 Å². The van der Waals surface area contributed by atoms with Gasteiger partial charge in [-0.15, -0.1) is 0 Å². The first-order valence-corrected chi connectivity index (χ1v) is 8.82. The summed E-state index contributed by atoms with van der Waals surface area (Å²) in [6.45, 7) is 5.42. The molecule has 7 heteroatoms. The Labute approximate surface area is 148 Å². The minimum Gasteiger partial charge on any atom is -0.379 e. The summed E-state index contributed by atoms with van der Waals surface area (Å²) in [6.07, 6.45) is 0.344. The van der Waals surface area contributed by atoms with Crippen molar-refractivity contribution in [2.24, 2.45) is 5.73 Å². The van der Waals surface area contributed by atoms with E-state index >= 15 is 0 Å². The lowest BCUT2D eigenvalue weighted by Gasteiger charge is -2.28. The van der Waals surface area contributed by atoms with Crippen molar-refractivity contribution in [3.05, 3.63) is 35.9 Å². The molecule has 0 spiro atoms. The molecule has 0 aliphatic carbocycles. The van der Waals surface area contributed by atoms with Crippen molar-refractivity contribution in [2.75, 3.05) is 45.9 Å². The molecular formula is C18H26N4O3. The second-order valence-electron chi connectivity index (χ2n) is 6.59. The quantitative estimate of drug-likeness (QED) is 0.741. The lowest BCUT2D eigenvalue weighted by molar-refractivity contribution is -0.128. The number of ether oxygens (including phenoxy) is 1.